The number of hydrogen-bond acceptors (Lipinski definition) is 3. The fourth-order valence-corrected chi connectivity index (χ4v) is 3.25. The molecule has 2 rings (SSSR count). The lowest BCUT2D eigenvalue weighted by Crippen LogP contribution is -2.51. The maximum Gasteiger partial charge on any atom is 0.327 e. The molecule has 0 radical (unpaired) electrons. The second-order valence-corrected chi connectivity index (χ2v) is 6.13. The Balaban J connectivity index is 2.07. The van der Waals surface area contributed by atoms with Crippen LogP contribution < -0.4 is 5.32 Å². The Morgan fingerprint density at radius 1 is 1.47 bits per heavy atom. The van der Waals surface area contributed by atoms with E-state index in [-0.39, 0.29) is 6.03 Å². The standard InChI is InChI=1S/C12H13BrN2O3S/c13-8-2-1-3-9(6-8)14-12(18)15-4-5-19-7-10(15)11(16)17/h1-3,6,10H,4-5,7H2,(H,14,18)(H,16,17). The van der Waals surface area contributed by atoms with Crippen LogP contribution in [0.5, 0.6) is 0 Å². The van der Waals surface area contributed by atoms with E-state index in [2.05, 4.69) is 21.2 Å². The number of carbonyl (C=O) groups is 2. The fraction of sp³-hybridized carbons (Fsp3) is 0.333. The van der Waals surface area contributed by atoms with E-state index in [0.717, 1.165) is 10.2 Å². The van der Waals surface area contributed by atoms with Gasteiger partial charge in [-0.2, -0.15) is 11.8 Å². The Labute approximate surface area is 123 Å². The molecule has 1 atom stereocenters. The third-order valence-electron chi connectivity index (χ3n) is 2.75. The Bertz CT molecular complexity index is 498. The Kier molecular flexibility index (Phi) is 4.71. The average Bonchev–Trinajstić information content (AvgIpc) is 2.38. The summed E-state index contributed by atoms with van der Waals surface area (Å²) in [5.74, 6) is 0.230. The normalized spacial score (nSPS) is 19.0. The SMILES string of the molecule is O=C(O)C1CSCCN1C(=O)Nc1cccc(Br)c1. The highest BCUT2D eigenvalue weighted by molar-refractivity contribution is 9.10. The highest BCUT2D eigenvalue weighted by Gasteiger charge is 2.32. The largest absolute Gasteiger partial charge is 0.480 e. The first-order valence-electron chi connectivity index (χ1n) is 5.71. The highest BCUT2D eigenvalue weighted by atomic mass is 79.9. The first kappa shape index (κ1) is 14.2. The average molecular weight is 345 g/mol. The number of nitrogens with one attached hydrogen (secondary N) is 1. The summed E-state index contributed by atoms with van der Waals surface area (Å²) in [4.78, 5) is 24.6. The Morgan fingerprint density at radius 3 is 2.95 bits per heavy atom. The van der Waals surface area contributed by atoms with Crippen molar-refractivity contribution >= 4 is 45.4 Å². The number of amides is 2. The van der Waals surface area contributed by atoms with Gasteiger partial charge in [0.05, 0.1) is 0 Å². The van der Waals surface area contributed by atoms with E-state index >= 15 is 0 Å². The summed E-state index contributed by atoms with van der Waals surface area (Å²) in [6.45, 7) is 0.446. The number of rotatable bonds is 2. The van der Waals surface area contributed by atoms with Crippen molar-refractivity contribution in [3.05, 3.63) is 28.7 Å². The third kappa shape index (κ3) is 3.63. The van der Waals surface area contributed by atoms with Gasteiger partial charge in [0.2, 0.25) is 0 Å². The van der Waals surface area contributed by atoms with E-state index in [1.807, 2.05) is 6.07 Å². The maximum absolute atomic E-state index is 12.1. The molecule has 1 heterocycles. The quantitative estimate of drug-likeness (QED) is 0.864. The molecule has 2 amide bonds. The molecule has 0 saturated carbocycles. The van der Waals surface area contributed by atoms with E-state index in [0.29, 0.717) is 18.0 Å². The molecule has 1 fully saturated rings. The smallest absolute Gasteiger partial charge is 0.327 e. The van der Waals surface area contributed by atoms with Crippen molar-refractivity contribution in [3.8, 4) is 0 Å². The van der Waals surface area contributed by atoms with Crippen LogP contribution in [0, 0.1) is 0 Å². The lowest BCUT2D eigenvalue weighted by atomic mass is 10.3. The molecule has 2 N–H and O–H groups in total. The van der Waals surface area contributed by atoms with Crippen LogP contribution in [0.3, 0.4) is 0 Å². The topological polar surface area (TPSA) is 69.6 Å². The van der Waals surface area contributed by atoms with Gasteiger partial charge >= 0.3 is 12.0 Å². The van der Waals surface area contributed by atoms with Crippen molar-refractivity contribution in [2.45, 2.75) is 6.04 Å². The third-order valence-corrected chi connectivity index (χ3v) is 4.27. The molecule has 1 unspecified atom stereocenters. The lowest BCUT2D eigenvalue weighted by molar-refractivity contribution is -0.141. The predicted molar refractivity (Wildman–Crippen MR) is 78.6 cm³/mol. The number of anilines is 1. The van der Waals surface area contributed by atoms with Crippen LogP contribution in [0.4, 0.5) is 10.5 Å². The number of nitrogens with zero attached hydrogens (tertiary/aromatic N) is 1. The van der Waals surface area contributed by atoms with Crippen LogP contribution >= 0.6 is 27.7 Å². The van der Waals surface area contributed by atoms with Crippen molar-refractivity contribution in [1.29, 1.82) is 0 Å². The minimum Gasteiger partial charge on any atom is -0.480 e. The van der Waals surface area contributed by atoms with Crippen LogP contribution in [-0.4, -0.2) is 46.1 Å². The number of carboxylic acids is 1. The van der Waals surface area contributed by atoms with Gasteiger partial charge < -0.3 is 15.3 Å². The number of carboxylic acid groups (broad SMARTS) is 1. The predicted octanol–water partition coefficient (Wildman–Crippen LogP) is 2.48. The summed E-state index contributed by atoms with van der Waals surface area (Å²) < 4.78 is 0.856. The molecule has 0 aromatic heterocycles. The van der Waals surface area contributed by atoms with E-state index in [9.17, 15) is 9.59 Å². The van der Waals surface area contributed by atoms with E-state index in [4.69, 9.17) is 5.11 Å². The van der Waals surface area contributed by atoms with Crippen molar-refractivity contribution < 1.29 is 14.7 Å². The van der Waals surface area contributed by atoms with Gasteiger partial charge in [0.25, 0.3) is 0 Å². The number of halogens is 1. The molecule has 102 valence electrons. The first-order chi connectivity index (χ1) is 9.08. The van der Waals surface area contributed by atoms with Crippen LogP contribution in [0.25, 0.3) is 0 Å². The molecule has 1 aliphatic rings. The number of benzene rings is 1. The Hall–Kier alpha value is -1.21. The molecule has 1 aromatic carbocycles. The molecule has 1 saturated heterocycles. The lowest BCUT2D eigenvalue weighted by Gasteiger charge is -2.32. The van der Waals surface area contributed by atoms with Gasteiger partial charge in [0, 0.05) is 28.2 Å². The molecule has 0 spiro atoms. The monoisotopic (exact) mass is 344 g/mol. The minimum absolute atomic E-state index is 0.370. The summed E-state index contributed by atoms with van der Waals surface area (Å²) in [6, 6.07) is 6.06. The van der Waals surface area contributed by atoms with E-state index < -0.39 is 12.0 Å². The van der Waals surface area contributed by atoms with Gasteiger partial charge in [0.15, 0.2) is 0 Å². The molecule has 0 bridgehead atoms. The zero-order chi connectivity index (χ0) is 13.8. The van der Waals surface area contributed by atoms with Gasteiger partial charge in [-0.25, -0.2) is 9.59 Å². The molecular weight excluding hydrogens is 332 g/mol. The summed E-state index contributed by atoms with van der Waals surface area (Å²) in [5.41, 5.74) is 0.641. The van der Waals surface area contributed by atoms with Crippen LogP contribution in [0.2, 0.25) is 0 Å². The van der Waals surface area contributed by atoms with E-state index in [1.54, 1.807) is 30.0 Å². The Morgan fingerprint density at radius 2 is 2.26 bits per heavy atom. The summed E-state index contributed by atoms with van der Waals surface area (Å²) >= 11 is 4.87. The van der Waals surface area contributed by atoms with Gasteiger partial charge in [-0.1, -0.05) is 22.0 Å². The first-order valence-corrected chi connectivity index (χ1v) is 7.66. The van der Waals surface area contributed by atoms with Gasteiger partial charge in [-0.3, -0.25) is 0 Å². The van der Waals surface area contributed by atoms with Crippen LogP contribution in [-0.2, 0) is 4.79 Å². The number of carbonyl (C=O) groups excluding carboxylic acids is 1. The highest BCUT2D eigenvalue weighted by Crippen LogP contribution is 2.20. The minimum atomic E-state index is -0.961. The van der Waals surface area contributed by atoms with Crippen molar-refractivity contribution in [3.63, 3.8) is 0 Å². The molecule has 5 nitrogen and oxygen atoms in total. The molecular formula is C12H13BrN2O3S. The van der Waals surface area contributed by atoms with E-state index in [1.165, 1.54) is 4.90 Å². The molecule has 19 heavy (non-hydrogen) atoms. The molecule has 7 heteroatoms. The zero-order valence-corrected chi connectivity index (χ0v) is 12.4. The number of thioether (sulfide) groups is 1. The number of hydrogen-bond donors (Lipinski definition) is 2. The van der Waals surface area contributed by atoms with Crippen LogP contribution in [0.1, 0.15) is 0 Å². The van der Waals surface area contributed by atoms with Crippen molar-refractivity contribution in [1.82, 2.24) is 4.90 Å². The van der Waals surface area contributed by atoms with Crippen molar-refractivity contribution in [2.75, 3.05) is 23.4 Å². The number of aliphatic carboxylic acids is 1. The van der Waals surface area contributed by atoms with Crippen molar-refractivity contribution in [2.24, 2.45) is 0 Å². The van der Waals surface area contributed by atoms with Gasteiger partial charge in [-0.05, 0) is 18.2 Å². The molecule has 1 aliphatic heterocycles. The van der Waals surface area contributed by atoms with Crippen LogP contribution in [0.15, 0.2) is 28.7 Å². The molecule has 1 aromatic rings. The summed E-state index contributed by atoms with van der Waals surface area (Å²) in [5, 5.41) is 11.8. The molecule has 0 aliphatic carbocycles. The maximum atomic E-state index is 12.1. The fourth-order valence-electron chi connectivity index (χ4n) is 1.81. The second kappa shape index (κ2) is 6.29. The van der Waals surface area contributed by atoms with Gasteiger partial charge in [0.1, 0.15) is 6.04 Å². The second-order valence-electron chi connectivity index (χ2n) is 4.06. The number of urea groups is 1. The summed E-state index contributed by atoms with van der Waals surface area (Å²) in [6.07, 6.45) is 0. The van der Waals surface area contributed by atoms with Gasteiger partial charge in [-0.15, -0.1) is 0 Å². The zero-order valence-electron chi connectivity index (χ0n) is 10.0. The summed E-state index contributed by atoms with van der Waals surface area (Å²) in [7, 11) is 0.